The van der Waals surface area contributed by atoms with Crippen LogP contribution in [0.4, 0.5) is 5.69 Å². The number of rotatable bonds is 6. The van der Waals surface area contributed by atoms with Gasteiger partial charge in [0.1, 0.15) is 12.4 Å². The zero-order chi connectivity index (χ0) is 21.3. The summed E-state index contributed by atoms with van der Waals surface area (Å²) in [6.07, 6.45) is 1.44. The van der Waals surface area contributed by atoms with Crippen LogP contribution in [-0.2, 0) is 16.2 Å². The molecule has 30 heavy (non-hydrogen) atoms. The van der Waals surface area contributed by atoms with E-state index in [9.17, 15) is 9.59 Å². The molecular formula is C23H20ClN3O3. The average Bonchev–Trinajstić information content (AvgIpc) is 2.75. The quantitative estimate of drug-likeness (QED) is 0.353. The molecule has 7 heteroatoms. The van der Waals surface area contributed by atoms with Crippen molar-refractivity contribution in [3.8, 4) is 5.75 Å². The Balaban J connectivity index is 1.49. The van der Waals surface area contributed by atoms with Gasteiger partial charge < -0.3 is 10.1 Å². The Morgan fingerprint density at radius 1 is 0.967 bits per heavy atom. The molecule has 3 aromatic carbocycles. The summed E-state index contributed by atoms with van der Waals surface area (Å²) < 4.78 is 5.72. The summed E-state index contributed by atoms with van der Waals surface area (Å²) >= 11 is 6.11. The molecule has 0 atom stereocenters. The number of nitrogens with one attached hydrogen (secondary N) is 2. The number of carbonyl (C=O) groups is 2. The van der Waals surface area contributed by atoms with Crippen molar-refractivity contribution in [2.24, 2.45) is 5.10 Å². The standard InChI is InChI=1S/C23H20ClN3O3/c1-16-6-2-5-9-21(16)26-22(28)23(29)27-25-14-17-10-12-19(13-11-17)30-15-18-7-3-4-8-20(18)24/h2-14H,15H2,1H3,(H,26,28)(H,27,29)/b25-14-. The number of benzene rings is 3. The third-order valence-corrected chi connectivity index (χ3v) is 4.58. The van der Waals surface area contributed by atoms with Gasteiger partial charge in [0.25, 0.3) is 0 Å². The minimum atomic E-state index is -0.853. The molecule has 0 heterocycles. The van der Waals surface area contributed by atoms with Gasteiger partial charge in [-0.05, 0) is 54.4 Å². The van der Waals surface area contributed by atoms with Crippen LogP contribution < -0.4 is 15.5 Å². The average molecular weight is 422 g/mol. The molecule has 0 spiro atoms. The lowest BCUT2D eigenvalue weighted by Crippen LogP contribution is -2.32. The smallest absolute Gasteiger partial charge is 0.329 e. The Bertz CT molecular complexity index is 1070. The predicted octanol–water partition coefficient (Wildman–Crippen LogP) is 4.32. The van der Waals surface area contributed by atoms with Gasteiger partial charge in [0.05, 0.1) is 6.21 Å². The molecule has 0 fully saturated rings. The zero-order valence-electron chi connectivity index (χ0n) is 16.3. The molecule has 0 aromatic heterocycles. The molecule has 3 aromatic rings. The number of carbonyl (C=O) groups excluding carboxylic acids is 2. The van der Waals surface area contributed by atoms with Gasteiger partial charge in [0.2, 0.25) is 0 Å². The van der Waals surface area contributed by atoms with Gasteiger partial charge in [-0.1, -0.05) is 48.0 Å². The summed E-state index contributed by atoms with van der Waals surface area (Å²) in [4.78, 5) is 23.8. The molecule has 0 aliphatic rings. The number of hydrogen-bond acceptors (Lipinski definition) is 4. The number of ether oxygens (including phenoxy) is 1. The maximum atomic E-state index is 11.9. The van der Waals surface area contributed by atoms with E-state index in [1.54, 1.807) is 36.4 Å². The summed E-state index contributed by atoms with van der Waals surface area (Å²) in [7, 11) is 0. The predicted molar refractivity (Wildman–Crippen MR) is 118 cm³/mol. The highest BCUT2D eigenvalue weighted by atomic mass is 35.5. The van der Waals surface area contributed by atoms with Crippen molar-refractivity contribution in [2.45, 2.75) is 13.5 Å². The van der Waals surface area contributed by atoms with E-state index < -0.39 is 11.8 Å². The Hall–Kier alpha value is -3.64. The van der Waals surface area contributed by atoms with Gasteiger partial charge in [-0.2, -0.15) is 5.10 Å². The lowest BCUT2D eigenvalue weighted by Gasteiger charge is -2.08. The van der Waals surface area contributed by atoms with E-state index in [-0.39, 0.29) is 0 Å². The summed E-state index contributed by atoms with van der Waals surface area (Å²) in [5.41, 5.74) is 5.28. The van der Waals surface area contributed by atoms with Gasteiger partial charge in [0.15, 0.2) is 0 Å². The van der Waals surface area contributed by atoms with E-state index in [1.165, 1.54) is 6.21 Å². The number of halogens is 1. The number of anilines is 1. The van der Waals surface area contributed by atoms with Crippen molar-refractivity contribution in [1.29, 1.82) is 0 Å². The van der Waals surface area contributed by atoms with Gasteiger partial charge in [-0.25, -0.2) is 5.43 Å². The maximum Gasteiger partial charge on any atom is 0.329 e. The first kappa shape index (κ1) is 21.1. The molecule has 0 radical (unpaired) electrons. The molecule has 0 aliphatic carbocycles. The monoisotopic (exact) mass is 421 g/mol. The first-order chi connectivity index (χ1) is 14.5. The van der Waals surface area contributed by atoms with Crippen LogP contribution in [0.1, 0.15) is 16.7 Å². The number of para-hydroxylation sites is 1. The topological polar surface area (TPSA) is 79.8 Å². The molecule has 3 rings (SSSR count). The Labute approximate surface area is 179 Å². The lowest BCUT2D eigenvalue weighted by molar-refractivity contribution is -0.136. The summed E-state index contributed by atoms with van der Waals surface area (Å²) in [5.74, 6) is -0.965. The SMILES string of the molecule is Cc1ccccc1NC(=O)C(=O)N/N=C\c1ccc(OCc2ccccc2Cl)cc1. The van der Waals surface area contributed by atoms with Crippen LogP contribution >= 0.6 is 11.6 Å². The lowest BCUT2D eigenvalue weighted by atomic mass is 10.2. The molecule has 0 unspecified atom stereocenters. The molecule has 0 bridgehead atoms. The fraction of sp³-hybridized carbons (Fsp3) is 0.0870. The van der Waals surface area contributed by atoms with Crippen LogP contribution in [0.5, 0.6) is 5.75 Å². The van der Waals surface area contributed by atoms with Crippen molar-refractivity contribution in [3.63, 3.8) is 0 Å². The minimum Gasteiger partial charge on any atom is -0.489 e. The molecule has 6 nitrogen and oxygen atoms in total. The van der Waals surface area contributed by atoms with Crippen LogP contribution in [0.2, 0.25) is 5.02 Å². The van der Waals surface area contributed by atoms with Crippen LogP contribution in [0, 0.1) is 6.92 Å². The zero-order valence-corrected chi connectivity index (χ0v) is 17.0. The van der Waals surface area contributed by atoms with Gasteiger partial charge in [-0.15, -0.1) is 0 Å². The molecule has 0 aliphatic heterocycles. The number of aryl methyl sites for hydroxylation is 1. The fourth-order valence-corrected chi connectivity index (χ4v) is 2.73. The summed E-state index contributed by atoms with van der Waals surface area (Å²) in [6, 6.07) is 21.8. The molecule has 2 N–H and O–H groups in total. The van der Waals surface area contributed by atoms with E-state index >= 15 is 0 Å². The third kappa shape index (κ3) is 5.93. The minimum absolute atomic E-state index is 0.360. The number of hydrogen-bond donors (Lipinski definition) is 2. The summed E-state index contributed by atoms with van der Waals surface area (Å²) in [6.45, 7) is 2.20. The van der Waals surface area contributed by atoms with E-state index in [1.807, 2.05) is 43.3 Å². The number of nitrogens with zero attached hydrogens (tertiary/aromatic N) is 1. The molecule has 152 valence electrons. The largest absolute Gasteiger partial charge is 0.489 e. The molecule has 2 amide bonds. The second kappa shape index (κ2) is 10.2. The van der Waals surface area contributed by atoms with Crippen molar-refractivity contribution < 1.29 is 14.3 Å². The Morgan fingerprint density at radius 3 is 2.40 bits per heavy atom. The Morgan fingerprint density at radius 2 is 1.67 bits per heavy atom. The van der Waals surface area contributed by atoms with Crippen LogP contribution in [0.15, 0.2) is 77.9 Å². The van der Waals surface area contributed by atoms with Crippen LogP contribution in [0.3, 0.4) is 0 Å². The molecular weight excluding hydrogens is 402 g/mol. The normalized spacial score (nSPS) is 10.6. The van der Waals surface area contributed by atoms with Gasteiger partial charge >= 0.3 is 11.8 Å². The number of amides is 2. The molecule has 0 saturated heterocycles. The van der Waals surface area contributed by atoms with Crippen LogP contribution in [-0.4, -0.2) is 18.0 Å². The van der Waals surface area contributed by atoms with Crippen molar-refractivity contribution in [1.82, 2.24) is 5.43 Å². The summed E-state index contributed by atoms with van der Waals surface area (Å²) in [5, 5.41) is 7.02. The molecule has 0 saturated carbocycles. The van der Waals surface area contributed by atoms with Crippen molar-refractivity contribution in [2.75, 3.05) is 5.32 Å². The second-order valence-electron chi connectivity index (χ2n) is 6.42. The Kier molecular flexibility index (Phi) is 7.19. The maximum absolute atomic E-state index is 11.9. The highest BCUT2D eigenvalue weighted by molar-refractivity contribution is 6.39. The fourth-order valence-electron chi connectivity index (χ4n) is 2.54. The van der Waals surface area contributed by atoms with E-state index in [2.05, 4.69) is 15.8 Å². The highest BCUT2D eigenvalue weighted by Gasteiger charge is 2.13. The van der Waals surface area contributed by atoms with E-state index in [4.69, 9.17) is 16.3 Å². The third-order valence-electron chi connectivity index (χ3n) is 4.21. The van der Waals surface area contributed by atoms with Crippen molar-refractivity contribution in [3.05, 3.63) is 94.5 Å². The van der Waals surface area contributed by atoms with E-state index in [0.29, 0.717) is 23.1 Å². The van der Waals surface area contributed by atoms with Gasteiger partial charge in [-0.3, -0.25) is 9.59 Å². The second-order valence-corrected chi connectivity index (χ2v) is 6.82. The number of hydrazone groups is 1. The van der Waals surface area contributed by atoms with Gasteiger partial charge in [0, 0.05) is 16.3 Å². The van der Waals surface area contributed by atoms with E-state index in [0.717, 1.165) is 16.7 Å². The first-order valence-electron chi connectivity index (χ1n) is 9.19. The first-order valence-corrected chi connectivity index (χ1v) is 9.57. The highest BCUT2D eigenvalue weighted by Crippen LogP contribution is 2.18. The van der Waals surface area contributed by atoms with Crippen molar-refractivity contribution >= 4 is 35.3 Å². The van der Waals surface area contributed by atoms with Crippen LogP contribution in [0.25, 0.3) is 0 Å².